The molecule has 1 unspecified atom stereocenters. The summed E-state index contributed by atoms with van der Waals surface area (Å²) in [6, 6.07) is 15.5. The van der Waals surface area contributed by atoms with E-state index in [1.165, 1.54) is 12.1 Å². The fraction of sp³-hybridized carbons (Fsp3) is 0.278. The first-order chi connectivity index (χ1) is 11.5. The lowest BCUT2D eigenvalue weighted by Crippen LogP contribution is -2.38. The second-order valence-corrected chi connectivity index (χ2v) is 5.31. The van der Waals surface area contributed by atoms with Gasteiger partial charge in [0, 0.05) is 6.54 Å². The van der Waals surface area contributed by atoms with Crippen molar-refractivity contribution in [2.45, 2.75) is 26.0 Å². The van der Waals surface area contributed by atoms with Gasteiger partial charge in [-0.2, -0.15) is 8.78 Å². The number of ether oxygens (including phenoxy) is 1. The molecule has 0 spiro atoms. The maximum atomic E-state index is 12.1. The largest absolute Gasteiger partial charge is 0.435 e. The molecule has 1 atom stereocenters. The molecule has 4 nitrogen and oxygen atoms in total. The number of carbonyl (C=O) groups excluding carboxylic acids is 1. The number of halogens is 2. The Morgan fingerprint density at radius 1 is 1.08 bits per heavy atom. The molecule has 2 aromatic rings. The first-order valence-corrected chi connectivity index (χ1v) is 7.67. The Kier molecular flexibility index (Phi) is 6.54. The summed E-state index contributed by atoms with van der Waals surface area (Å²) in [5, 5.41) is 5.60. The summed E-state index contributed by atoms with van der Waals surface area (Å²) in [7, 11) is 0. The van der Waals surface area contributed by atoms with E-state index in [0.29, 0.717) is 6.54 Å². The van der Waals surface area contributed by atoms with Gasteiger partial charge in [0.1, 0.15) is 5.75 Å². The van der Waals surface area contributed by atoms with Crippen molar-refractivity contribution in [3.63, 3.8) is 0 Å². The Morgan fingerprint density at radius 3 is 2.38 bits per heavy atom. The second kappa shape index (κ2) is 8.86. The van der Waals surface area contributed by atoms with Gasteiger partial charge in [-0.05, 0) is 36.6 Å². The van der Waals surface area contributed by atoms with Crippen LogP contribution in [0.5, 0.6) is 5.75 Å². The van der Waals surface area contributed by atoms with E-state index in [1.807, 2.05) is 37.3 Å². The molecule has 2 rings (SSSR count). The summed E-state index contributed by atoms with van der Waals surface area (Å²) < 4.78 is 28.5. The second-order valence-electron chi connectivity index (χ2n) is 5.31. The minimum Gasteiger partial charge on any atom is -0.435 e. The summed E-state index contributed by atoms with van der Waals surface area (Å²) in [6.07, 6.45) is 0.752. The van der Waals surface area contributed by atoms with Crippen molar-refractivity contribution < 1.29 is 18.3 Å². The van der Waals surface area contributed by atoms with Crippen LogP contribution in [0.4, 0.5) is 13.6 Å². The molecule has 0 aliphatic rings. The van der Waals surface area contributed by atoms with Gasteiger partial charge in [0.25, 0.3) is 0 Å². The molecule has 0 aromatic heterocycles. The molecule has 0 aliphatic heterocycles. The number of amides is 2. The topological polar surface area (TPSA) is 50.4 Å². The Hall–Kier alpha value is -2.63. The van der Waals surface area contributed by atoms with E-state index in [4.69, 9.17) is 0 Å². The normalized spacial score (nSPS) is 11.8. The lowest BCUT2D eigenvalue weighted by atomic mass is 10.1. The molecular weight excluding hydrogens is 314 g/mol. The quantitative estimate of drug-likeness (QED) is 0.807. The lowest BCUT2D eigenvalue weighted by Gasteiger charge is -2.15. The number of carbonyl (C=O) groups is 1. The fourth-order valence-electron chi connectivity index (χ4n) is 2.23. The average Bonchev–Trinajstić information content (AvgIpc) is 2.56. The van der Waals surface area contributed by atoms with E-state index < -0.39 is 6.61 Å². The van der Waals surface area contributed by atoms with Crippen LogP contribution in [0.2, 0.25) is 0 Å². The Bertz CT molecular complexity index is 633. The minimum absolute atomic E-state index is 0.0910. The van der Waals surface area contributed by atoms with Crippen molar-refractivity contribution >= 4 is 6.03 Å². The van der Waals surface area contributed by atoms with Crippen molar-refractivity contribution in [1.82, 2.24) is 10.6 Å². The van der Waals surface area contributed by atoms with E-state index in [2.05, 4.69) is 15.4 Å². The van der Waals surface area contributed by atoms with Crippen LogP contribution in [-0.2, 0) is 6.42 Å². The maximum Gasteiger partial charge on any atom is 0.387 e. The number of rotatable bonds is 7. The van der Waals surface area contributed by atoms with Gasteiger partial charge in [-0.3, -0.25) is 0 Å². The van der Waals surface area contributed by atoms with Crippen LogP contribution < -0.4 is 15.4 Å². The summed E-state index contributed by atoms with van der Waals surface area (Å²) in [6.45, 7) is -0.495. The zero-order valence-electron chi connectivity index (χ0n) is 13.3. The van der Waals surface area contributed by atoms with Gasteiger partial charge in [-0.1, -0.05) is 42.5 Å². The first-order valence-electron chi connectivity index (χ1n) is 7.67. The summed E-state index contributed by atoms with van der Waals surface area (Å²) in [4.78, 5) is 11.9. The fourth-order valence-corrected chi connectivity index (χ4v) is 2.23. The van der Waals surface area contributed by atoms with Crippen LogP contribution in [0.25, 0.3) is 0 Å². The molecule has 6 heteroatoms. The molecule has 2 aromatic carbocycles. The third-order valence-corrected chi connectivity index (χ3v) is 3.49. The molecule has 0 radical (unpaired) electrons. The molecule has 0 bridgehead atoms. The summed E-state index contributed by atoms with van der Waals surface area (Å²) in [5.74, 6) is 0.0910. The maximum absolute atomic E-state index is 12.1. The number of urea groups is 1. The number of alkyl halides is 2. The van der Waals surface area contributed by atoms with Gasteiger partial charge in [-0.15, -0.1) is 0 Å². The lowest BCUT2D eigenvalue weighted by molar-refractivity contribution is -0.0498. The monoisotopic (exact) mass is 334 g/mol. The van der Waals surface area contributed by atoms with Crippen molar-refractivity contribution in [1.29, 1.82) is 0 Å². The Balaban J connectivity index is 1.76. The van der Waals surface area contributed by atoms with Gasteiger partial charge in [0.05, 0.1) is 6.04 Å². The average molecular weight is 334 g/mol. The minimum atomic E-state index is -2.85. The van der Waals surface area contributed by atoms with Crippen molar-refractivity contribution in [3.05, 3.63) is 65.7 Å². The highest BCUT2D eigenvalue weighted by Crippen LogP contribution is 2.19. The highest BCUT2D eigenvalue weighted by molar-refractivity contribution is 5.74. The number of benzene rings is 2. The molecule has 0 aliphatic carbocycles. The third kappa shape index (κ3) is 5.87. The predicted molar refractivity (Wildman–Crippen MR) is 88.2 cm³/mol. The molecule has 24 heavy (non-hydrogen) atoms. The first kappa shape index (κ1) is 17.7. The van der Waals surface area contributed by atoms with E-state index in [1.54, 1.807) is 12.1 Å². The van der Waals surface area contributed by atoms with Crippen molar-refractivity contribution in [2.75, 3.05) is 6.54 Å². The zero-order valence-corrected chi connectivity index (χ0v) is 13.3. The van der Waals surface area contributed by atoms with Crippen LogP contribution in [0.1, 0.15) is 24.1 Å². The zero-order chi connectivity index (χ0) is 17.4. The molecule has 0 heterocycles. The van der Waals surface area contributed by atoms with Crippen LogP contribution in [-0.4, -0.2) is 19.2 Å². The number of nitrogens with one attached hydrogen (secondary N) is 2. The summed E-state index contributed by atoms with van der Waals surface area (Å²) >= 11 is 0. The highest BCUT2D eigenvalue weighted by Gasteiger charge is 2.10. The van der Waals surface area contributed by atoms with Crippen molar-refractivity contribution in [2.24, 2.45) is 0 Å². The van der Waals surface area contributed by atoms with Crippen LogP contribution in [0.15, 0.2) is 54.6 Å². The van der Waals surface area contributed by atoms with Crippen LogP contribution >= 0.6 is 0 Å². The molecule has 128 valence electrons. The molecular formula is C18H20F2N2O2. The van der Waals surface area contributed by atoms with E-state index in [9.17, 15) is 13.6 Å². The molecule has 0 saturated heterocycles. The number of hydrogen-bond acceptors (Lipinski definition) is 2. The molecule has 2 N–H and O–H groups in total. The molecule has 2 amide bonds. The van der Waals surface area contributed by atoms with E-state index >= 15 is 0 Å². The SMILES string of the molecule is CC(NC(=O)NCCc1ccccc1)c1ccc(OC(F)F)cc1. The van der Waals surface area contributed by atoms with Gasteiger partial charge >= 0.3 is 12.6 Å². The van der Waals surface area contributed by atoms with Gasteiger partial charge in [0.2, 0.25) is 0 Å². The highest BCUT2D eigenvalue weighted by atomic mass is 19.3. The standard InChI is InChI=1S/C18H20F2N2O2/c1-13(15-7-9-16(10-8-15)24-17(19)20)22-18(23)21-12-11-14-5-3-2-4-6-14/h2-10,13,17H,11-12H2,1H3,(H2,21,22,23). The van der Waals surface area contributed by atoms with E-state index in [0.717, 1.165) is 17.5 Å². The molecule has 0 saturated carbocycles. The van der Waals surface area contributed by atoms with Gasteiger partial charge in [-0.25, -0.2) is 4.79 Å². The van der Waals surface area contributed by atoms with Crippen LogP contribution in [0, 0.1) is 0 Å². The van der Waals surface area contributed by atoms with Crippen molar-refractivity contribution in [3.8, 4) is 5.75 Å². The van der Waals surface area contributed by atoms with Gasteiger partial charge < -0.3 is 15.4 Å². The van der Waals surface area contributed by atoms with Gasteiger partial charge in [0.15, 0.2) is 0 Å². The third-order valence-electron chi connectivity index (χ3n) is 3.49. The summed E-state index contributed by atoms with van der Waals surface area (Å²) in [5.41, 5.74) is 1.95. The van der Waals surface area contributed by atoms with Crippen LogP contribution in [0.3, 0.4) is 0 Å². The predicted octanol–water partition coefficient (Wildman–Crippen LogP) is 3.89. The Labute approximate surface area is 139 Å². The molecule has 0 fully saturated rings. The smallest absolute Gasteiger partial charge is 0.387 e. The number of hydrogen-bond donors (Lipinski definition) is 2. The van der Waals surface area contributed by atoms with E-state index in [-0.39, 0.29) is 17.8 Å². The Morgan fingerprint density at radius 2 is 1.75 bits per heavy atom.